The number of hydrogen-bond donors (Lipinski definition) is 0. The van der Waals surface area contributed by atoms with Crippen molar-refractivity contribution in [2.45, 2.75) is 6.42 Å². The third-order valence-corrected chi connectivity index (χ3v) is 2.50. The lowest BCUT2D eigenvalue weighted by molar-refractivity contribution is -0.151. The van der Waals surface area contributed by atoms with Crippen LogP contribution in [-0.4, -0.2) is 26.0 Å². The monoisotopic (exact) mass is 286 g/mol. The molecule has 4 nitrogen and oxygen atoms in total. The van der Waals surface area contributed by atoms with Gasteiger partial charge in [-0.25, -0.2) is 4.79 Å². The highest BCUT2D eigenvalue weighted by Gasteiger charge is 2.16. The summed E-state index contributed by atoms with van der Waals surface area (Å²) in [5, 5.41) is 0. The van der Waals surface area contributed by atoms with E-state index in [-0.39, 0.29) is 6.42 Å². The molecule has 86 valence electrons. The molecule has 16 heavy (non-hydrogen) atoms. The molecular formula is C11H11BrO4. The molecule has 0 saturated carbocycles. The van der Waals surface area contributed by atoms with Gasteiger partial charge in [-0.15, -0.1) is 0 Å². The van der Waals surface area contributed by atoms with Crippen molar-refractivity contribution in [3.05, 3.63) is 28.2 Å². The molecule has 0 fully saturated rings. The Balaban J connectivity index is 2.91. The number of carbonyl (C=O) groups excluding carboxylic acids is 2. The molecule has 0 aliphatic carbocycles. The zero-order valence-corrected chi connectivity index (χ0v) is 10.5. The maximum absolute atomic E-state index is 11.4. The lowest BCUT2D eigenvalue weighted by atomic mass is 10.1. The summed E-state index contributed by atoms with van der Waals surface area (Å²) < 4.78 is 10.3. The summed E-state index contributed by atoms with van der Waals surface area (Å²) >= 11 is 3.29. The molecule has 0 bridgehead atoms. The van der Waals surface area contributed by atoms with Gasteiger partial charge in [0.15, 0.2) is 0 Å². The second-order valence-corrected chi connectivity index (χ2v) is 3.96. The predicted molar refractivity (Wildman–Crippen MR) is 61.4 cm³/mol. The van der Waals surface area contributed by atoms with Gasteiger partial charge >= 0.3 is 5.97 Å². The quantitative estimate of drug-likeness (QED) is 0.625. The van der Waals surface area contributed by atoms with Crippen LogP contribution in [0.3, 0.4) is 0 Å². The minimum absolute atomic E-state index is 0.0325. The first-order valence-corrected chi connectivity index (χ1v) is 5.31. The average Bonchev–Trinajstić information content (AvgIpc) is 2.28. The molecule has 5 heteroatoms. The summed E-state index contributed by atoms with van der Waals surface area (Å²) in [5.74, 6) is -0.874. The molecule has 0 amide bonds. The molecule has 0 aromatic heterocycles. The molecule has 0 aliphatic heterocycles. The summed E-state index contributed by atoms with van der Waals surface area (Å²) in [7, 11) is 2.69. The van der Waals surface area contributed by atoms with Crippen LogP contribution in [0.4, 0.5) is 0 Å². The molecule has 1 aromatic carbocycles. The summed E-state index contributed by atoms with van der Waals surface area (Å²) in [6.45, 7) is 0. The van der Waals surface area contributed by atoms with Crippen LogP contribution in [0.5, 0.6) is 5.75 Å². The molecule has 1 rings (SSSR count). The highest BCUT2D eigenvalue weighted by molar-refractivity contribution is 9.10. The van der Waals surface area contributed by atoms with Crippen LogP contribution in [0.25, 0.3) is 0 Å². The number of benzene rings is 1. The van der Waals surface area contributed by atoms with Crippen LogP contribution < -0.4 is 4.74 Å². The minimum Gasteiger partial charge on any atom is -0.496 e. The Morgan fingerprint density at radius 2 is 2.00 bits per heavy atom. The number of rotatable bonds is 4. The van der Waals surface area contributed by atoms with Crippen molar-refractivity contribution in [2.24, 2.45) is 0 Å². The molecule has 0 heterocycles. The van der Waals surface area contributed by atoms with Gasteiger partial charge in [-0.2, -0.15) is 0 Å². The zero-order chi connectivity index (χ0) is 12.1. The van der Waals surface area contributed by atoms with Gasteiger partial charge in [-0.05, 0) is 18.2 Å². The number of Topliss-reactive ketones (excluding diaryl/α,β-unsaturated/α-hetero) is 1. The van der Waals surface area contributed by atoms with E-state index in [0.717, 1.165) is 4.47 Å². The molecular weight excluding hydrogens is 276 g/mol. The SMILES string of the molecule is COC(=O)C(=O)Cc1cc(Br)ccc1OC. The van der Waals surface area contributed by atoms with Gasteiger partial charge in [0, 0.05) is 16.5 Å². The number of methoxy groups -OCH3 is 2. The Morgan fingerprint density at radius 3 is 2.56 bits per heavy atom. The van der Waals surface area contributed by atoms with Gasteiger partial charge in [-0.3, -0.25) is 4.79 Å². The second-order valence-electron chi connectivity index (χ2n) is 3.05. The lowest BCUT2D eigenvalue weighted by Gasteiger charge is -2.07. The standard InChI is InChI=1S/C11H11BrO4/c1-15-10-4-3-8(12)5-7(10)6-9(13)11(14)16-2/h3-5H,6H2,1-2H3. The third-order valence-electron chi connectivity index (χ3n) is 2.01. The number of ether oxygens (including phenoxy) is 2. The van der Waals surface area contributed by atoms with Gasteiger partial charge in [0.25, 0.3) is 0 Å². The molecule has 0 aliphatic rings. The first kappa shape index (κ1) is 12.7. The van der Waals surface area contributed by atoms with Crippen LogP contribution in [-0.2, 0) is 20.7 Å². The largest absolute Gasteiger partial charge is 0.496 e. The number of halogens is 1. The average molecular weight is 287 g/mol. The van der Waals surface area contributed by atoms with E-state index in [4.69, 9.17) is 4.74 Å². The van der Waals surface area contributed by atoms with Crippen molar-refractivity contribution >= 4 is 27.7 Å². The van der Waals surface area contributed by atoms with Crippen LogP contribution >= 0.6 is 15.9 Å². The lowest BCUT2D eigenvalue weighted by Crippen LogP contribution is -2.18. The molecule has 0 radical (unpaired) electrons. The molecule has 0 unspecified atom stereocenters. The number of esters is 1. The van der Waals surface area contributed by atoms with Crippen molar-refractivity contribution in [1.82, 2.24) is 0 Å². The van der Waals surface area contributed by atoms with E-state index in [0.29, 0.717) is 11.3 Å². The van der Waals surface area contributed by atoms with Crippen molar-refractivity contribution in [1.29, 1.82) is 0 Å². The van der Waals surface area contributed by atoms with E-state index in [9.17, 15) is 9.59 Å². The summed E-state index contributed by atoms with van der Waals surface area (Å²) in [6, 6.07) is 5.26. The molecule has 0 saturated heterocycles. The smallest absolute Gasteiger partial charge is 0.374 e. The number of ketones is 1. The van der Waals surface area contributed by atoms with E-state index in [1.54, 1.807) is 18.2 Å². The summed E-state index contributed by atoms with van der Waals surface area (Å²) in [4.78, 5) is 22.4. The Labute approximate surface area is 102 Å². The van der Waals surface area contributed by atoms with Crippen molar-refractivity contribution in [3.8, 4) is 5.75 Å². The maximum atomic E-state index is 11.4. The molecule has 0 atom stereocenters. The fraction of sp³-hybridized carbons (Fsp3) is 0.273. The van der Waals surface area contributed by atoms with Crippen molar-refractivity contribution in [3.63, 3.8) is 0 Å². The normalized spacial score (nSPS) is 9.69. The Kier molecular flexibility index (Phi) is 4.49. The number of hydrogen-bond acceptors (Lipinski definition) is 4. The highest BCUT2D eigenvalue weighted by atomic mass is 79.9. The fourth-order valence-electron chi connectivity index (χ4n) is 1.24. The summed E-state index contributed by atoms with van der Waals surface area (Å²) in [5.41, 5.74) is 0.646. The third kappa shape index (κ3) is 3.06. The maximum Gasteiger partial charge on any atom is 0.374 e. The van der Waals surface area contributed by atoms with E-state index in [2.05, 4.69) is 20.7 Å². The van der Waals surface area contributed by atoms with Gasteiger partial charge in [0.1, 0.15) is 5.75 Å². The molecule has 1 aromatic rings. The van der Waals surface area contributed by atoms with Crippen LogP contribution in [0.2, 0.25) is 0 Å². The van der Waals surface area contributed by atoms with E-state index in [1.807, 2.05) is 0 Å². The van der Waals surface area contributed by atoms with Gasteiger partial charge in [-0.1, -0.05) is 15.9 Å². The second kappa shape index (κ2) is 5.65. The van der Waals surface area contributed by atoms with E-state index >= 15 is 0 Å². The molecule has 0 N–H and O–H groups in total. The zero-order valence-electron chi connectivity index (χ0n) is 8.95. The predicted octanol–water partition coefficient (Wildman–Crippen LogP) is 1.74. The first-order valence-electron chi connectivity index (χ1n) is 4.52. The van der Waals surface area contributed by atoms with E-state index in [1.165, 1.54) is 14.2 Å². The van der Waals surface area contributed by atoms with Gasteiger partial charge in [0.2, 0.25) is 5.78 Å². The van der Waals surface area contributed by atoms with E-state index < -0.39 is 11.8 Å². The minimum atomic E-state index is -0.845. The Morgan fingerprint density at radius 1 is 1.31 bits per heavy atom. The van der Waals surface area contributed by atoms with Crippen molar-refractivity contribution in [2.75, 3.05) is 14.2 Å². The van der Waals surface area contributed by atoms with Crippen LogP contribution in [0, 0.1) is 0 Å². The Hall–Kier alpha value is -1.36. The topological polar surface area (TPSA) is 52.6 Å². The fourth-order valence-corrected chi connectivity index (χ4v) is 1.65. The van der Waals surface area contributed by atoms with Crippen molar-refractivity contribution < 1.29 is 19.1 Å². The van der Waals surface area contributed by atoms with Gasteiger partial charge < -0.3 is 9.47 Å². The van der Waals surface area contributed by atoms with Gasteiger partial charge in [0.05, 0.1) is 14.2 Å². The molecule has 0 spiro atoms. The van der Waals surface area contributed by atoms with Crippen LogP contribution in [0.1, 0.15) is 5.56 Å². The highest BCUT2D eigenvalue weighted by Crippen LogP contribution is 2.23. The number of carbonyl (C=O) groups is 2. The summed E-state index contributed by atoms with van der Waals surface area (Å²) in [6.07, 6.45) is -0.0325. The Bertz CT molecular complexity index is 414. The van der Waals surface area contributed by atoms with Crippen LogP contribution in [0.15, 0.2) is 22.7 Å². The first-order chi connectivity index (χ1) is 7.58.